The number of halogens is 1. The number of benzene rings is 1. The van der Waals surface area contributed by atoms with Crippen LogP contribution in [0, 0.1) is 5.82 Å². The van der Waals surface area contributed by atoms with Gasteiger partial charge >= 0.3 is 5.97 Å². The number of hydrogen-bond donors (Lipinski definition) is 3. The van der Waals surface area contributed by atoms with Crippen molar-refractivity contribution in [2.24, 2.45) is 0 Å². The Morgan fingerprint density at radius 3 is 2.74 bits per heavy atom. The van der Waals surface area contributed by atoms with Crippen LogP contribution in [-0.4, -0.2) is 41.5 Å². The van der Waals surface area contributed by atoms with E-state index >= 15 is 0 Å². The Bertz CT molecular complexity index is 472. The minimum absolute atomic E-state index is 0.0880. The molecule has 1 saturated heterocycles. The molecule has 0 unspecified atom stereocenters. The maximum atomic E-state index is 13.7. The summed E-state index contributed by atoms with van der Waals surface area (Å²) in [6.07, 6.45) is 0.883. The van der Waals surface area contributed by atoms with Gasteiger partial charge in [0.25, 0.3) is 0 Å². The molecule has 19 heavy (non-hydrogen) atoms. The highest BCUT2D eigenvalue weighted by molar-refractivity contribution is 5.94. The van der Waals surface area contributed by atoms with Crippen molar-refractivity contribution < 1.29 is 24.1 Å². The molecule has 1 aliphatic rings. The van der Waals surface area contributed by atoms with E-state index in [0.717, 1.165) is 0 Å². The normalized spacial score (nSPS) is 18.0. The monoisotopic (exact) mass is 269 g/mol. The van der Waals surface area contributed by atoms with Crippen molar-refractivity contribution in [3.05, 3.63) is 29.6 Å². The Labute approximate surface area is 110 Å². The Balaban J connectivity index is 2.12. The first-order valence-electron chi connectivity index (χ1n) is 6.08. The van der Waals surface area contributed by atoms with Gasteiger partial charge in [0.05, 0.1) is 16.9 Å². The van der Waals surface area contributed by atoms with Gasteiger partial charge in [-0.05, 0) is 12.1 Å². The molecule has 0 spiro atoms. The van der Waals surface area contributed by atoms with Crippen molar-refractivity contribution in [2.75, 3.05) is 25.1 Å². The number of para-hydroxylation sites is 1. The first kappa shape index (κ1) is 13.8. The number of carbonyl (C=O) groups is 1. The smallest absolute Gasteiger partial charge is 0.337 e. The largest absolute Gasteiger partial charge is 0.478 e. The van der Waals surface area contributed by atoms with Crippen molar-refractivity contribution >= 4 is 11.7 Å². The highest BCUT2D eigenvalue weighted by Gasteiger charge is 2.30. The molecule has 0 saturated carbocycles. The molecule has 104 valence electrons. The molecule has 3 N–H and O–H groups in total. The third-order valence-electron chi connectivity index (χ3n) is 3.26. The molecule has 1 fully saturated rings. The molecule has 5 nitrogen and oxygen atoms in total. The molecule has 0 aliphatic carbocycles. The number of rotatable bonds is 4. The molecule has 6 heteroatoms. The summed E-state index contributed by atoms with van der Waals surface area (Å²) in [5.74, 6) is -1.85. The first-order chi connectivity index (χ1) is 9.02. The molecule has 0 radical (unpaired) electrons. The van der Waals surface area contributed by atoms with E-state index < -0.39 is 17.4 Å². The summed E-state index contributed by atoms with van der Waals surface area (Å²) in [5, 5.41) is 22.0. The summed E-state index contributed by atoms with van der Waals surface area (Å²) < 4.78 is 18.8. The fourth-order valence-electron chi connectivity index (χ4n) is 2.06. The molecule has 1 aromatic carbocycles. The minimum Gasteiger partial charge on any atom is -0.478 e. The van der Waals surface area contributed by atoms with E-state index in [1.165, 1.54) is 18.2 Å². The SMILES string of the molecule is O=C(O)c1cccc(F)c1NCC1(O)CCOCC1. The van der Waals surface area contributed by atoms with Gasteiger partial charge in [-0.3, -0.25) is 0 Å². The van der Waals surface area contributed by atoms with Crippen molar-refractivity contribution in [3.8, 4) is 0 Å². The van der Waals surface area contributed by atoms with Crippen LogP contribution in [0.4, 0.5) is 10.1 Å². The van der Waals surface area contributed by atoms with Crippen LogP contribution >= 0.6 is 0 Å². The van der Waals surface area contributed by atoms with Crippen LogP contribution in [0.5, 0.6) is 0 Å². The number of anilines is 1. The van der Waals surface area contributed by atoms with Crippen molar-refractivity contribution in [1.29, 1.82) is 0 Å². The fourth-order valence-corrected chi connectivity index (χ4v) is 2.06. The second-order valence-corrected chi connectivity index (χ2v) is 4.66. The molecule has 2 rings (SSSR count). The average Bonchev–Trinajstić information content (AvgIpc) is 2.38. The van der Waals surface area contributed by atoms with Gasteiger partial charge in [0.2, 0.25) is 0 Å². The fraction of sp³-hybridized carbons (Fsp3) is 0.462. The molecule has 0 aromatic heterocycles. The zero-order chi connectivity index (χ0) is 13.9. The van der Waals surface area contributed by atoms with E-state index in [2.05, 4.69) is 5.32 Å². The molecular weight excluding hydrogens is 253 g/mol. The lowest BCUT2D eigenvalue weighted by Gasteiger charge is -2.32. The number of nitrogens with one attached hydrogen (secondary N) is 1. The summed E-state index contributed by atoms with van der Waals surface area (Å²) in [6, 6.07) is 3.84. The van der Waals surface area contributed by atoms with Crippen LogP contribution in [0.25, 0.3) is 0 Å². The van der Waals surface area contributed by atoms with E-state index in [-0.39, 0.29) is 17.8 Å². The van der Waals surface area contributed by atoms with Gasteiger partial charge in [0, 0.05) is 32.6 Å². The second-order valence-electron chi connectivity index (χ2n) is 4.66. The van der Waals surface area contributed by atoms with E-state index in [1.54, 1.807) is 0 Å². The maximum Gasteiger partial charge on any atom is 0.337 e. The number of ether oxygens (including phenoxy) is 1. The van der Waals surface area contributed by atoms with Gasteiger partial charge in [-0.1, -0.05) is 6.07 Å². The Morgan fingerprint density at radius 1 is 1.42 bits per heavy atom. The van der Waals surface area contributed by atoms with Crippen molar-refractivity contribution in [2.45, 2.75) is 18.4 Å². The predicted molar refractivity (Wildman–Crippen MR) is 66.9 cm³/mol. The van der Waals surface area contributed by atoms with Crippen LogP contribution in [0.2, 0.25) is 0 Å². The molecule has 0 bridgehead atoms. The van der Waals surface area contributed by atoms with Gasteiger partial charge in [0.1, 0.15) is 5.82 Å². The average molecular weight is 269 g/mol. The number of aliphatic hydroxyl groups is 1. The Kier molecular flexibility index (Phi) is 4.01. The van der Waals surface area contributed by atoms with Crippen LogP contribution in [0.3, 0.4) is 0 Å². The molecule has 0 amide bonds. The summed E-state index contributed by atoms with van der Waals surface area (Å²) in [5.41, 5.74) is -1.22. The Hall–Kier alpha value is -1.66. The van der Waals surface area contributed by atoms with Gasteiger partial charge < -0.3 is 20.3 Å². The standard InChI is InChI=1S/C13H16FNO4/c14-10-3-1-2-9(12(16)17)11(10)15-8-13(18)4-6-19-7-5-13/h1-3,15,18H,4-8H2,(H,16,17). The van der Waals surface area contributed by atoms with Crippen LogP contribution in [0.15, 0.2) is 18.2 Å². The second kappa shape index (κ2) is 5.54. The number of aromatic carboxylic acids is 1. The van der Waals surface area contributed by atoms with E-state index in [9.17, 15) is 14.3 Å². The number of carboxylic acid groups (broad SMARTS) is 1. The maximum absolute atomic E-state index is 13.7. The van der Waals surface area contributed by atoms with Crippen LogP contribution in [0.1, 0.15) is 23.2 Å². The van der Waals surface area contributed by atoms with Gasteiger partial charge in [0.15, 0.2) is 0 Å². The van der Waals surface area contributed by atoms with Gasteiger partial charge in [-0.2, -0.15) is 0 Å². The molecule has 1 aromatic rings. The predicted octanol–water partition coefficient (Wildman–Crippen LogP) is 1.48. The number of hydrogen-bond acceptors (Lipinski definition) is 4. The van der Waals surface area contributed by atoms with Crippen molar-refractivity contribution in [1.82, 2.24) is 0 Å². The topological polar surface area (TPSA) is 78.8 Å². The third kappa shape index (κ3) is 3.21. The van der Waals surface area contributed by atoms with Gasteiger partial charge in [-0.25, -0.2) is 9.18 Å². The summed E-state index contributed by atoms with van der Waals surface area (Å²) in [7, 11) is 0. The molecule has 1 aliphatic heterocycles. The van der Waals surface area contributed by atoms with Gasteiger partial charge in [-0.15, -0.1) is 0 Å². The number of carboxylic acids is 1. The summed E-state index contributed by atoms with van der Waals surface area (Å²) in [6.45, 7) is 0.986. The lowest BCUT2D eigenvalue weighted by atomic mass is 9.94. The zero-order valence-electron chi connectivity index (χ0n) is 10.4. The highest BCUT2D eigenvalue weighted by Crippen LogP contribution is 2.24. The molecule has 1 heterocycles. The lowest BCUT2D eigenvalue weighted by molar-refractivity contribution is -0.0543. The summed E-state index contributed by atoms with van der Waals surface area (Å²) in [4.78, 5) is 11.0. The lowest BCUT2D eigenvalue weighted by Crippen LogP contribution is -2.42. The first-order valence-corrected chi connectivity index (χ1v) is 6.08. The van der Waals surface area contributed by atoms with Crippen LogP contribution < -0.4 is 5.32 Å². The third-order valence-corrected chi connectivity index (χ3v) is 3.26. The quantitative estimate of drug-likeness (QED) is 0.771. The molecule has 0 atom stereocenters. The van der Waals surface area contributed by atoms with E-state index in [0.29, 0.717) is 26.1 Å². The minimum atomic E-state index is -1.21. The van der Waals surface area contributed by atoms with Crippen LogP contribution in [-0.2, 0) is 4.74 Å². The van der Waals surface area contributed by atoms with E-state index in [1.807, 2.05) is 0 Å². The summed E-state index contributed by atoms with van der Waals surface area (Å²) >= 11 is 0. The van der Waals surface area contributed by atoms with Crippen molar-refractivity contribution in [3.63, 3.8) is 0 Å². The zero-order valence-corrected chi connectivity index (χ0v) is 10.4. The highest BCUT2D eigenvalue weighted by atomic mass is 19.1. The molecular formula is C13H16FNO4. The van der Waals surface area contributed by atoms with E-state index in [4.69, 9.17) is 9.84 Å². The Morgan fingerprint density at radius 2 is 2.11 bits per heavy atom.